The average molecular weight is 239 g/mol. The highest BCUT2D eigenvalue weighted by molar-refractivity contribution is 6.01. The quantitative estimate of drug-likeness (QED) is 0.654. The molecule has 2 rings (SSSR count). The highest BCUT2D eigenvalue weighted by atomic mass is 16.2. The third-order valence-corrected chi connectivity index (χ3v) is 3.91. The Balaban J connectivity index is 2.02. The predicted octanol–water partition coefficient (Wildman–Crippen LogP) is -0.148. The van der Waals surface area contributed by atoms with Gasteiger partial charge in [-0.3, -0.25) is 19.8 Å². The maximum atomic E-state index is 11.7. The predicted molar refractivity (Wildman–Crippen MR) is 64.1 cm³/mol. The minimum Gasteiger partial charge on any atom is -0.330 e. The molecular formula is C12H21N3O2. The molecular weight excluding hydrogens is 218 g/mol. The van der Waals surface area contributed by atoms with Crippen molar-refractivity contribution in [2.24, 2.45) is 11.1 Å². The molecule has 2 amide bonds. The Labute approximate surface area is 102 Å². The van der Waals surface area contributed by atoms with Crippen LogP contribution in [0.4, 0.5) is 0 Å². The molecule has 0 radical (unpaired) electrons. The number of imide groups is 1. The van der Waals surface area contributed by atoms with Crippen LogP contribution in [0.2, 0.25) is 0 Å². The van der Waals surface area contributed by atoms with Crippen molar-refractivity contribution in [2.75, 3.05) is 19.6 Å². The van der Waals surface area contributed by atoms with Crippen LogP contribution < -0.4 is 11.1 Å². The summed E-state index contributed by atoms with van der Waals surface area (Å²) in [6.07, 6.45) is 4.09. The second-order valence-electron chi connectivity index (χ2n) is 5.28. The summed E-state index contributed by atoms with van der Waals surface area (Å²) in [6.45, 7) is 3.85. The maximum absolute atomic E-state index is 11.7. The monoisotopic (exact) mass is 239 g/mol. The van der Waals surface area contributed by atoms with Crippen molar-refractivity contribution in [3.63, 3.8) is 0 Å². The zero-order chi connectivity index (χ0) is 12.5. The molecule has 5 heteroatoms. The van der Waals surface area contributed by atoms with Gasteiger partial charge in [0, 0.05) is 6.54 Å². The van der Waals surface area contributed by atoms with E-state index in [1.54, 1.807) is 0 Å². The summed E-state index contributed by atoms with van der Waals surface area (Å²) >= 11 is 0. The fourth-order valence-electron chi connectivity index (χ4n) is 2.73. The van der Waals surface area contributed by atoms with Crippen LogP contribution >= 0.6 is 0 Å². The molecule has 0 aromatic carbocycles. The fraction of sp³-hybridized carbons (Fsp3) is 0.833. The van der Waals surface area contributed by atoms with E-state index in [4.69, 9.17) is 5.73 Å². The number of amides is 2. The van der Waals surface area contributed by atoms with Gasteiger partial charge in [0.25, 0.3) is 0 Å². The SMILES string of the molecule is CCC1C(=O)NC(=O)CN1CC1(CCN)CC1. The third-order valence-electron chi connectivity index (χ3n) is 3.91. The Morgan fingerprint density at radius 1 is 1.47 bits per heavy atom. The minimum atomic E-state index is -0.178. The summed E-state index contributed by atoms with van der Waals surface area (Å²) in [5.74, 6) is -0.324. The molecule has 1 saturated heterocycles. The van der Waals surface area contributed by atoms with Crippen molar-refractivity contribution in [3.8, 4) is 0 Å². The lowest BCUT2D eigenvalue weighted by molar-refractivity contribution is -0.140. The highest BCUT2D eigenvalue weighted by Gasteiger charge is 2.45. The summed E-state index contributed by atoms with van der Waals surface area (Å²) < 4.78 is 0. The van der Waals surface area contributed by atoms with Crippen molar-refractivity contribution in [1.29, 1.82) is 0 Å². The lowest BCUT2D eigenvalue weighted by Crippen LogP contribution is -2.58. The second kappa shape index (κ2) is 4.74. The largest absolute Gasteiger partial charge is 0.330 e. The molecule has 1 unspecified atom stereocenters. The molecule has 0 spiro atoms. The topological polar surface area (TPSA) is 75.4 Å². The Bertz CT molecular complexity index is 326. The molecule has 2 aliphatic rings. The second-order valence-corrected chi connectivity index (χ2v) is 5.28. The van der Waals surface area contributed by atoms with Crippen LogP contribution in [0, 0.1) is 5.41 Å². The van der Waals surface area contributed by atoms with Crippen LogP contribution in [0.15, 0.2) is 0 Å². The molecule has 17 heavy (non-hydrogen) atoms. The van der Waals surface area contributed by atoms with Crippen LogP contribution in [-0.4, -0.2) is 42.4 Å². The molecule has 1 aliphatic heterocycles. The summed E-state index contributed by atoms with van der Waals surface area (Å²) in [7, 11) is 0. The van der Waals surface area contributed by atoms with Gasteiger partial charge in [0.1, 0.15) is 0 Å². The van der Waals surface area contributed by atoms with Gasteiger partial charge in [0.2, 0.25) is 11.8 Å². The number of nitrogens with zero attached hydrogens (tertiary/aromatic N) is 1. The standard InChI is InChI=1S/C12H21N3O2/c1-2-9-11(17)14-10(16)7-15(9)8-12(3-4-12)5-6-13/h9H,2-8,13H2,1H3,(H,14,16,17). The van der Waals surface area contributed by atoms with E-state index >= 15 is 0 Å². The van der Waals surface area contributed by atoms with Gasteiger partial charge in [0.15, 0.2) is 0 Å². The first-order valence-electron chi connectivity index (χ1n) is 6.38. The lowest BCUT2D eigenvalue weighted by Gasteiger charge is -2.35. The van der Waals surface area contributed by atoms with Crippen LogP contribution in [0.5, 0.6) is 0 Å². The van der Waals surface area contributed by atoms with Crippen molar-refractivity contribution >= 4 is 11.8 Å². The molecule has 0 aromatic heterocycles. The molecule has 0 bridgehead atoms. The van der Waals surface area contributed by atoms with E-state index in [1.807, 2.05) is 11.8 Å². The molecule has 1 heterocycles. The molecule has 96 valence electrons. The van der Waals surface area contributed by atoms with E-state index in [0.717, 1.165) is 19.4 Å². The summed E-state index contributed by atoms with van der Waals surface area (Å²) in [4.78, 5) is 25.2. The van der Waals surface area contributed by atoms with Crippen LogP contribution in [0.1, 0.15) is 32.6 Å². The van der Waals surface area contributed by atoms with Crippen LogP contribution in [0.3, 0.4) is 0 Å². The number of rotatable bonds is 5. The maximum Gasteiger partial charge on any atom is 0.243 e. The summed E-state index contributed by atoms with van der Waals surface area (Å²) in [5, 5.41) is 2.40. The van der Waals surface area contributed by atoms with Crippen molar-refractivity contribution in [3.05, 3.63) is 0 Å². The van der Waals surface area contributed by atoms with Gasteiger partial charge in [0.05, 0.1) is 12.6 Å². The number of nitrogens with one attached hydrogen (secondary N) is 1. The van der Waals surface area contributed by atoms with Gasteiger partial charge < -0.3 is 5.73 Å². The fourth-order valence-corrected chi connectivity index (χ4v) is 2.73. The zero-order valence-corrected chi connectivity index (χ0v) is 10.4. The smallest absolute Gasteiger partial charge is 0.243 e. The van der Waals surface area contributed by atoms with Crippen LogP contribution in [-0.2, 0) is 9.59 Å². The number of hydrogen-bond donors (Lipinski definition) is 2. The van der Waals surface area contributed by atoms with Gasteiger partial charge in [-0.1, -0.05) is 6.92 Å². The van der Waals surface area contributed by atoms with Crippen molar-refractivity contribution in [1.82, 2.24) is 10.2 Å². The molecule has 1 saturated carbocycles. The number of carbonyl (C=O) groups is 2. The van der Waals surface area contributed by atoms with Crippen molar-refractivity contribution < 1.29 is 9.59 Å². The van der Waals surface area contributed by atoms with E-state index < -0.39 is 0 Å². The van der Waals surface area contributed by atoms with Gasteiger partial charge >= 0.3 is 0 Å². The van der Waals surface area contributed by atoms with E-state index in [-0.39, 0.29) is 23.3 Å². The molecule has 3 N–H and O–H groups in total. The Morgan fingerprint density at radius 3 is 2.71 bits per heavy atom. The Kier molecular flexibility index (Phi) is 3.49. The van der Waals surface area contributed by atoms with Gasteiger partial charge in [-0.15, -0.1) is 0 Å². The van der Waals surface area contributed by atoms with Crippen molar-refractivity contribution in [2.45, 2.75) is 38.6 Å². The van der Waals surface area contributed by atoms with E-state index in [2.05, 4.69) is 5.32 Å². The molecule has 1 aliphatic carbocycles. The van der Waals surface area contributed by atoms with E-state index in [0.29, 0.717) is 13.1 Å². The minimum absolute atomic E-state index is 0.146. The number of carbonyl (C=O) groups excluding carboxylic acids is 2. The normalized spacial score (nSPS) is 28.0. The molecule has 0 aromatic rings. The molecule has 5 nitrogen and oxygen atoms in total. The summed E-state index contributed by atoms with van der Waals surface area (Å²) in [5.41, 5.74) is 5.89. The molecule has 1 atom stereocenters. The lowest BCUT2D eigenvalue weighted by atomic mass is 9.99. The molecule has 2 fully saturated rings. The number of nitrogens with two attached hydrogens (primary N) is 1. The Hall–Kier alpha value is -0.940. The highest BCUT2D eigenvalue weighted by Crippen LogP contribution is 2.49. The van der Waals surface area contributed by atoms with Gasteiger partial charge in [-0.05, 0) is 37.6 Å². The average Bonchev–Trinajstić information content (AvgIpc) is 2.97. The van der Waals surface area contributed by atoms with E-state index in [1.165, 1.54) is 12.8 Å². The van der Waals surface area contributed by atoms with Gasteiger partial charge in [-0.25, -0.2) is 0 Å². The number of piperazine rings is 1. The summed E-state index contributed by atoms with van der Waals surface area (Å²) in [6, 6.07) is -0.150. The first kappa shape index (κ1) is 12.5. The first-order valence-corrected chi connectivity index (χ1v) is 6.38. The number of hydrogen-bond acceptors (Lipinski definition) is 4. The zero-order valence-electron chi connectivity index (χ0n) is 10.4. The third kappa shape index (κ3) is 2.66. The van der Waals surface area contributed by atoms with E-state index in [9.17, 15) is 9.59 Å². The van der Waals surface area contributed by atoms with Crippen LogP contribution in [0.25, 0.3) is 0 Å². The van der Waals surface area contributed by atoms with Gasteiger partial charge in [-0.2, -0.15) is 0 Å². The Morgan fingerprint density at radius 2 is 2.18 bits per heavy atom. The first-order chi connectivity index (χ1) is 8.10.